The number of halogens is 2. The third kappa shape index (κ3) is 8.05. The molecule has 0 aliphatic carbocycles. The van der Waals surface area contributed by atoms with Crippen LogP contribution in [0.1, 0.15) is 41.0 Å². The van der Waals surface area contributed by atoms with Crippen molar-refractivity contribution in [3.8, 4) is 0 Å². The SMILES string of the molecule is NCCC[C@H](C(N)=O)N(CCc1ccc(CC(N)=O)cc1)C(=O)C(c1ccc(Cl)cc1)c1ccc(Cl)cc1. The van der Waals surface area contributed by atoms with Gasteiger partial charge in [-0.1, -0.05) is 71.7 Å². The fourth-order valence-electron chi connectivity index (χ4n) is 4.41. The molecule has 1 atom stereocenters. The second-order valence-electron chi connectivity index (χ2n) is 9.13. The highest BCUT2D eigenvalue weighted by Crippen LogP contribution is 2.30. The molecule has 7 nitrogen and oxygen atoms in total. The number of carbonyl (C=O) groups excluding carboxylic acids is 3. The van der Waals surface area contributed by atoms with Crippen LogP contribution in [0.15, 0.2) is 72.8 Å². The van der Waals surface area contributed by atoms with Gasteiger partial charge < -0.3 is 22.1 Å². The Morgan fingerprint density at radius 3 is 1.71 bits per heavy atom. The molecule has 9 heteroatoms. The van der Waals surface area contributed by atoms with Gasteiger partial charge in [-0.25, -0.2) is 0 Å². The summed E-state index contributed by atoms with van der Waals surface area (Å²) in [5, 5.41) is 1.09. The normalized spacial score (nSPS) is 11.8. The average Bonchev–Trinajstić information content (AvgIpc) is 2.88. The Hall–Kier alpha value is -3.39. The number of hydrogen-bond donors (Lipinski definition) is 3. The molecule has 0 spiro atoms. The number of nitrogens with two attached hydrogens (primary N) is 3. The number of primary amides is 2. The van der Waals surface area contributed by atoms with Crippen molar-refractivity contribution in [1.29, 1.82) is 0 Å². The summed E-state index contributed by atoms with van der Waals surface area (Å²) in [6.45, 7) is 0.620. The Bertz CT molecular complexity index is 1190. The smallest absolute Gasteiger partial charge is 0.240 e. The summed E-state index contributed by atoms with van der Waals surface area (Å²) in [5.41, 5.74) is 20.0. The number of carbonyl (C=O) groups is 3. The van der Waals surface area contributed by atoms with E-state index in [-0.39, 0.29) is 18.9 Å². The van der Waals surface area contributed by atoms with Crippen LogP contribution in [-0.2, 0) is 27.2 Å². The molecule has 0 bridgehead atoms. The van der Waals surface area contributed by atoms with E-state index in [1.165, 1.54) is 0 Å². The van der Waals surface area contributed by atoms with Crippen molar-refractivity contribution in [2.75, 3.05) is 13.1 Å². The van der Waals surface area contributed by atoms with Crippen molar-refractivity contribution < 1.29 is 14.4 Å². The van der Waals surface area contributed by atoms with Crippen molar-refractivity contribution in [2.24, 2.45) is 17.2 Å². The minimum absolute atomic E-state index is 0.150. The van der Waals surface area contributed by atoms with Crippen molar-refractivity contribution in [3.05, 3.63) is 105 Å². The number of nitrogens with zero attached hydrogens (tertiary/aromatic N) is 1. The molecule has 6 N–H and O–H groups in total. The largest absolute Gasteiger partial charge is 0.369 e. The summed E-state index contributed by atoms with van der Waals surface area (Å²) in [5.74, 6) is -1.97. The lowest BCUT2D eigenvalue weighted by molar-refractivity contribution is -0.140. The third-order valence-electron chi connectivity index (χ3n) is 6.37. The Balaban J connectivity index is 1.98. The van der Waals surface area contributed by atoms with Gasteiger partial charge in [-0.05, 0) is 72.3 Å². The van der Waals surface area contributed by atoms with E-state index in [0.29, 0.717) is 35.9 Å². The van der Waals surface area contributed by atoms with Gasteiger partial charge in [-0.2, -0.15) is 0 Å². The average molecular weight is 556 g/mol. The highest BCUT2D eigenvalue weighted by atomic mass is 35.5. The molecule has 0 heterocycles. The summed E-state index contributed by atoms with van der Waals surface area (Å²) < 4.78 is 0. The minimum atomic E-state index is -0.831. The Morgan fingerprint density at radius 1 is 0.763 bits per heavy atom. The first-order valence-corrected chi connectivity index (χ1v) is 13.1. The van der Waals surface area contributed by atoms with E-state index in [0.717, 1.165) is 22.3 Å². The zero-order valence-corrected chi connectivity index (χ0v) is 22.5. The molecule has 0 saturated carbocycles. The van der Waals surface area contributed by atoms with Gasteiger partial charge >= 0.3 is 0 Å². The first-order chi connectivity index (χ1) is 18.2. The first-order valence-electron chi connectivity index (χ1n) is 12.4. The van der Waals surface area contributed by atoms with Gasteiger partial charge in [0.2, 0.25) is 17.7 Å². The van der Waals surface area contributed by atoms with E-state index in [1.54, 1.807) is 53.4 Å². The number of hydrogen-bond acceptors (Lipinski definition) is 4. The second-order valence-corrected chi connectivity index (χ2v) is 10.00. The van der Waals surface area contributed by atoms with Gasteiger partial charge in [0, 0.05) is 16.6 Å². The maximum absolute atomic E-state index is 14.3. The number of rotatable bonds is 13. The first kappa shape index (κ1) is 29.2. The maximum Gasteiger partial charge on any atom is 0.240 e. The fraction of sp³-hybridized carbons (Fsp3) is 0.276. The maximum atomic E-state index is 14.3. The van der Waals surface area contributed by atoms with Crippen molar-refractivity contribution in [3.63, 3.8) is 0 Å². The molecule has 0 aromatic heterocycles. The van der Waals surface area contributed by atoms with Gasteiger partial charge in [0.25, 0.3) is 0 Å². The molecule has 0 aliphatic rings. The molecule has 3 aromatic carbocycles. The van der Waals surface area contributed by atoms with Crippen LogP contribution in [0.2, 0.25) is 10.0 Å². The summed E-state index contributed by atoms with van der Waals surface area (Å²) in [4.78, 5) is 39.7. The van der Waals surface area contributed by atoms with Gasteiger partial charge in [0.05, 0.1) is 12.3 Å². The molecule has 0 unspecified atom stereocenters. The zero-order valence-electron chi connectivity index (χ0n) is 21.0. The van der Waals surface area contributed by atoms with Crippen LogP contribution in [-0.4, -0.2) is 41.8 Å². The van der Waals surface area contributed by atoms with Crippen molar-refractivity contribution in [1.82, 2.24) is 4.90 Å². The lowest BCUT2D eigenvalue weighted by Gasteiger charge is -2.33. The predicted octanol–water partition coefficient (Wildman–Crippen LogP) is 3.82. The lowest BCUT2D eigenvalue weighted by atomic mass is 9.89. The molecule has 3 rings (SSSR count). The van der Waals surface area contributed by atoms with Crippen LogP contribution < -0.4 is 17.2 Å². The van der Waals surface area contributed by atoms with Crippen LogP contribution in [0.5, 0.6) is 0 Å². The van der Waals surface area contributed by atoms with Gasteiger partial charge in [0.15, 0.2) is 0 Å². The summed E-state index contributed by atoms with van der Waals surface area (Å²) in [6, 6.07) is 20.7. The van der Waals surface area contributed by atoms with Gasteiger partial charge in [0.1, 0.15) is 6.04 Å². The molecular weight excluding hydrogens is 523 g/mol. The van der Waals surface area contributed by atoms with Crippen LogP contribution in [0.4, 0.5) is 0 Å². The van der Waals surface area contributed by atoms with E-state index in [2.05, 4.69) is 0 Å². The van der Waals surface area contributed by atoms with Crippen molar-refractivity contribution in [2.45, 2.75) is 37.6 Å². The summed E-state index contributed by atoms with van der Waals surface area (Å²) in [7, 11) is 0. The quantitative estimate of drug-likeness (QED) is 0.296. The molecule has 200 valence electrons. The molecule has 38 heavy (non-hydrogen) atoms. The zero-order chi connectivity index (χ0) is 27.7. The lowest BCUT2D eigenvalue weighted by Crippen LogP contribution is -2.50. The Labute approximate surface area is 232 Å². The van der Waals surface area contributed by atoms with E-state index < -0.39 is 23.8 Å². The molecule has 0 fully saturated rings. The minimum Gasteiger partial charge on any atom is -0.369 e. The highest BCUT2D eigenvalue weighted by molar-refractivity contribution is 6.30. The molecule has 0 saturated heterocycles. The topological polar surface area (TPSA) is 133 Å². The summed E-state index contributed by atoms with van der Waals surface area (Å²) in [6.07, 6.45) is 1.51. The van der Waals surface area contributed by atoms with Crippen LogP contribution >= 0.6 is 23.2 Å². The Kier molecular flexibility index (Phi) is 10.7. The van der Waals surface area contributed by atoms with E-state index in [1.807, 2.05) is 24.3 Å². The Morgan fingerprint density at radius 2 is 1.26 bits per heavy atom. The van der Waals surface area contributed by atoms with Crippen molar-refractivity contribution >= 4 is 40.9 Å². The number of benzene rings is 3. The molecule has 3 amide bonds. The number of amides is 3. The second kappa shape index (κ2) is 14.0. The molecule has 0 aliphatic heterocycles. The van der Waals surface area contributed by atoms with Crippen LogP contribution in [0, 0.1) is 0 Å². The standard InChI is InChI=1S/C29H32Cl2N4O3/c30-23-11-7-21(8-12-23)27(22-9-13-24(31)14-10-22)29(38)35(25(28(34)37)2-1-16-32)17-15-19-3-5-20(6-4-19)18-26(33)36/h3-14,25,27H,1-2,15-18,32H2,(H2,33,36)(H2,34,37)/t25-/m1/s1. The van der Waals surface area contributed by atoms with E-state index in [9.17, 15) is 14.4 Å². The van der Waals surface area contributed by atoms with Gasteiger partial charge in [-0.3, -0.25) is 14.4 Å². The van der Waals surface area contributed by atoms with E-state index in [4.69, 9.17) is 40.4 Å². The van der Waals surface area contributed by atoms with Crippen LogP contribution in [0.25, 0.3) is 0 Å². The summed E-state index contributed by atoms with van der Waals surface area (Å²) >= 11 is 12.2. The fourth-order valence-corrected chi connectivity index (χ4v) is 4.66. The predicted molar refractivity (Wildman–Crippen MR) is 151 cm³/mol. The highest BCUT2D eigenvalue weighted by Gasteiger charge is 2.34. The van der Waals surface area contributed by atoms with Gasteiger partial charge in [-0.15, -0.1) is 0 Å². The van der Waals surface area contributed by atoms with E-state index >= 15 is 0 Å². The molecule has 3 aromatic rings. The monoisotopic (exact) mass is 554 g/mol. The van der Waals surface area contributed by atoms with Crippen LogP contribution in [0.3, 0.4) is 0 Å². The molecular formula is C29H32Cl2N4O3. The molecule has 0 radical (unpaired) electrons. The third-order valence-corrected chi connectivity index (χ3v) is 6.87.